The number of fused-ring (bicyclic) bond motifs is 2. The number of nitrogens with one attached hydrogen (secondary N) is 1. The molecule has 182 valence electrons. The Hall–Kier alpha value is -4.66. The molecule has 3 aromatic carbocycles. The molecule has 0 aliphatic carbocycles. The Bertz CT molecular complexity index is 1490. The molecule has 5 rings (SSSR count). The average Bonchev–Trinajstić information content (AvgIpc) is 3.19. The van der Waals surface area contributed by atoms with Gasteiger partial charge in [0.2, 0.25) is 5.91 Å². The monoisotopic (exact) mass is 487 g/mol. The van der Waals surface area contributed by atoms with Crippen LogP contribution >= 0.6 is 0 Å². The molecule has 0 saturated carbocycles. The maximum atomic E-state index is 14.9. The van der Waals surface area contributed by atoms with E-state index in [1.54, 1.807) is 36.5 Å². The number of hydrogen-bond acceptors (Lipinski definition) is 6. The van der Waals surface area contributed by atoms with Crippen LogP contribution in [0, 0.1) is 5.82 Å². The first-order chi connectivity index (χ1) is 17.5. The number of carbonyl (C=O) groups is 2. The molecule has 1 N–H and O–H groups in total. The van der Waals surface area contributed by atoms with E-state index in [9.17, 15) is 14.0 Å². The van der Waals surface area contributed by atoms with E-state index in [1.807, 2.05) is 12.1 Å². The first-order valence-corrected chi connectivity index (χ1v) is 11.1. The molecule has 0 bridgehead atoms. The number of carbonyl (C=O) groups excluding carboxylic acids is 2. The topological polar surface area (TPSA) is 90.0 Å². The molecular formula is C27H22FN3O5. The fourth-order valence-corrected chi connectivity index (χ4v) is 4.13. The van der Waals surface area contributed by atoms with Gasteiger partial charge in [-0.25, -0.2) is 4.39 Å². The molecule has 0 unspecified atom stereocenters. The highest BCUT2D eigenvalue weighted by Crippen LogP contribution is 2.37. The molecule has 0 fully saturated rings. The number of anilines is 1. The van der Waals surface area contributed by atoms with Crippen LogP contribution in [0.5, 0.6) is 23.0 Å². The normalized spacial score (nSPS) is 12.4. The highest BCUT2D eigenvalue weighted by Gasteiger charge is 2.28. The number of benzene rings is 3. The molecule has 9 heteroatoms. The van der Waals surface area contributed by atoms with Crippen LogP contribution in [0.15, 0.2) is 66.9 Å². The molecule has 2 heterocycles. The highest BCUT2D eigenvalue weighted by atomic mass is 19.1. The summed E-state index contributed by atoms with van der Waals surface area (Å²) in [5, 5.41) is 3.25. The maximum absolute atomic E-state index is 14.9. The predicted octanol–water partition coefficient (Wildman–Crippen LogP) is 4.78. The van der Waals surface area contributed by atoms with Crippen LogP contribution in [0.2, 0.25) is 0 Å². The molecule has 0 radical (unpaired) electrons. The third-order valence-electron chi connectivity index (χ3n) is 5.87. The van der Waals surface area contributed by atoms with E-state index in [2.05, 4.69) is 10.3 Å². The minimum absolute atomic E-state index is 0.0274. The second-order valence-electron chi connectivity index (χ2n) is 8.15. The molecule has 1 aromatic heterocycles. The van der Waals surface area contributed by atoms with E-state index < -0.39 is 11.7 Å². The Labute approximate surface area is 206 Å². The van der Waals surface area contributed by atoms with Crippen molar-refractivity contribution in [3.05, 3.63) is 83.8 Å². The number of pyridine rings is 1. The van der Waals surface area contributed by atoms with Gasteiger partial charge < -0.3 is 24.4 Å². The summed E-state index contributed by atoms with van der Waals surface area (Å²) >= 11 is 0. The summed E-state index contributed by atoms with van der Waals surface area (Å²) in [5.74, 6) is 0.0633. The van der Waals surface area contributed by atoms with Gasteiger partial charge in [0.1, 0.15) is 12.3 Å². The molecule has 36 heavy (non-hydrogen) atoms. The van der Waals surface area contributed by atoms with E-state index in [1.165, 1.54) is 37.3 Å². The molecule has 0 saturated heterocycles. The minimum Gasteiger partial charge on any atom is -0.493 e. The van der Waals surface area contributed by atoms with Crippen molar-refractivity contribution in [3.8, 4) is 23.0 Å². The van der Waals surface area contributed by atoms with Gasteiger partial charge in [-0.05, 0) is 35.9 Å². The molecular weight excluding hydrogens is 465 g/mol. The number of aromatic nitrogens is 1. The van der Waals surface area contributed by atoms with Crippen LogP contribution in [0.4, 0.5) is 10.1 Å². The summed E-state index contributed by atoms with van der Waals surface area (Å²) in [6.45, 7) is 0.224. The third kappa shape index (κ3) is 4.38. The number of ether oxygens (including phenoxy) is 3. The molecule has 4 aromatic rings. The molecule has 1 aliphatic rings. The van der Waals surface area contributed by atoms with Crippen molar-refractivity contribution in [1.29, 1.82) is 0 Å². The largest absolute Gasteiger partial charge is 0.493 e. The van der Waals surface area contributed by atoms with Gasteiger partial charge >= 0.3 is 0 Å². The van der Waals surface area contributed by atoms with E-state index in [-0.39, 0.29) is 23.9 Å². The van der Waals surface area contributed by atoms with E-state index >= 15 is 0 Å². The third-order valence-corrected chi connectivity index (χ3v) is 5.87. The van der Waals surface area contributed by atoms with Gasteiger partial charge in [-0.2, -0.15) is 0 Å². The zero-order valence-corrected chi connectivity index (χ0v) is 19.6. The van der Waals surface area contributed by atoms with E-state index in [0.717, 1.165) is 5.56 Å². The summed E-state index contributed by atoms with van der Waals surface area (Å²) in [7, 11) is 3.05. The van der Waals surface area contributed by atoms with Crippen LogP contribution in [-0.2, 0) is 11.3 Å². The van der Waals surface area contributed by atoms with Gasteiger partial charge in [0.05, 0.1) is 19.7 Å². The number of rotatable bonds is 7. The van der Waals surface area contributed by atoms with Gasteiger partial charge in [0, 0.05) is 41.5 Å². The molecule has 8 nitrogen and oxygen atoms in total. The zero-order valence-electron chi connectivity index (χ0n) is 19.6. The summed E-state index contributed by atoms with van der Waals surface area (Å²) in [5.41, 5.74) is 2.31. The lowest BCUT2D eigenvalue weighted by Gasteiger charge is -2.16. The second kappa shape index (κ2) is 9.53. The Morgan fingerprint density at radius 2 is 1.78 bits per heavy atom. The summed E-state index contributed by atoms with van der Waals surface area (Å²) in [6.07, 6.45) is 1.55. The van der Waals surface area contributed by atoms with Crippen molar-refractivity contribution in [2.75, 3.05) is 26.1 Å². The first-order valence-electron chi connectivity index (χ1n) is 11.1. The number of amides is 2. The molecule has 0 spiro atoms. The lowest BCUT2D eigenvalue weighted by molar-refractivity contribution is -0.116. The van der Waals surface area contributed by atoms with E-state index in [0.29, 0.717) is 40.3 Å². The summed E-state index contributed by atoms with van der Waals surface area (Å²) in [6, 6.07) is 16.4. The lowest BCUT2D eigenvalue weighted by atomic mass is 10.1. The van der Waals surface area contributed by atoms with Crippen LogP contribution in [0.25, 0.3) is 10.9 Å². The summed E-state index contributed by atoms with van der Waals surface area (Å²) in [4.78, 5) is 30.8. The zero-order chi connectivity index (χ0) is 25.2. The van der Waals surface area contributed by atoms with Crippen LogP contribution in [0.3, 0.4) is 0 Å². The number of methoxy groups -OCH3 is 2. The fourth-order valence-electron chi connectivity index (χ4n) is 4.13. The predicted molar refractivity (Wildman–Crippen MR) is 131 cm³/mol. The number of nitrogens with zero attached hydrogens (tertiary/aromatic N) is 2. The Kier molecular flexibility index (Phi) is 6.12. The Balaban J connectivity index is 1.29. The van der Waals surface area contributed by atoms with Gasteiger partial charge in [0.25, 0.3) is 5.91 Å². The van der Waals surface area contributed by atoms with Crippen molar-refractivity contribution in [2.45, 2.75) is 6.54 Å². The van der Waals surface area contributed by atoms with Crippen LogP contribution in [-0.4, -0.2) is 42.5 Å². The first kappa shape index (κ1) is 23.1. The van der Waals surface area contributed by atoms with Gasteiger partial charge in [-0.3, -0.25) is 14.6 Å². The summed E-state index contributed by atoms with van der Waals surface area (Å²) < 4.78 is 31.4. The standard InChI is InChI=1S/C27H22FN3O5/c1-34-24-12-19-21(13-25(24)35-2)29-10-9-22(19)36-23-8-7-17(11-20(23)28)30-26(32)15-31-14-16-5-3-4-6-18(16)27(31)33/h3-13H,14-15H2,1-2H3,(H,30,32). The number of hydrogen-bond donors (Lipinski definition) is 1. The van der Waals surface area contributed by atoms with Crippen LogP contribution < -0.4 is 19.5 Å². The Morgan fingerprint density at radius 3 is 2.53 bits per heavy atom. The highest BCUT2D eigenvalue weighted by molar-refractivity contribution is 6.02. The Morgan fingerprint density at radius 1 is 1.00 bits per heavy atom. The SMILES string of the molecule is COc1cc2nccc(Oc3ccc(NC(=O)CN4Cc5ccccc5C4=O)cc3F)c2cc1OC. The van der Waals surface area contributed by atoms with Gasteiger partial charge in [0.15, 0.2) is 23.1 Å². The molecule has 2 amide bonds. The molecule has 1 aliphatic heterocycles. The average molecular weight is 487 g/mol. The van der Waals surface area contributed by atoms with Crippen molar-refractivity contribution in [1.82, 2.24) is 9.88 Å². The van der Waals surface area contributed by atoms with Gasteiger partial charge in [-0.15, -0.1) is 0 Å². The smallest absolute Gasteiger partial charge is 0.254 e. The van der Waals surface area contributed by atoms with Gasteiger partial charge in [-0.1, -0.05) is 18.2 Å². The lowest BCUT2D eigenvalue weighted by Crippen LogP contribution is -2.33. The number of halogens is 1. The quantitative estimate of drug-likeness (QED) is 0.404. The maximum Gasteiger partial charge on any atom is 0.254 e. The van der Waals surface area contributed by atoms with Crippen molar-refractivity contribution >= 4 is 28.4 Å². The second-order valence-corrected chi connectivity index (χ2v) is 8.15. The van der Waals surface area contributed by atoms with Crippen molar-refractivity contribution < 1.29 is 28.2 Å². The molecule has 0 atom stereocenters. The van der Waals surface area contributed by atoms with Crippen molar-refractivity contribution in [2.24, 2.45) is 0 Å². The van der Waals surface area contributed by atoms with Crippen molar-refractivity contribution in [3.63, 3.8) is 0 Å². The minimum atomic E-state index is -0.664. The van der Waals surface area contributed by atoms with E-state index in [4.69, 9.17) is 14.2 Å². The van der Waals surface area contributed by atoms with Crippen LogP contribution in [0.1, 0.15) is 15.9 Å². The fraction of sp³-hybridized carbons (Fsp3) is 0.148.